The van der Waals surface area contributed by atoms with E-state index < -0.39 is 6.43 Å². The summed E-state index contributed by atoms with van der Waals surface area (Å²) in [7, 11) is 0. The second-order valence-corrected chi connectivity index (χ2v) is 3.80. The summed E-state index contributed by atoms with van der Waals surface area (Å²) < 4.78 is 23.5. The topological polar surface area (TPSA) is 24.4 Å². The molecule has 1 aliphatic rings. The molecule has 1 unspecified atom stereocenters. The molecule has 1 rings (SSSR count). The van der Waals surface area contributed by atoms with E-state index in [1.54, 1.807) is 0 Å². The number of amidine groups is 1. The molecule has 1 atom stereocenters. The van der Waals surface area contributed by atoms with E-state index >= 15 is 0 Å². The predicted molar refractivity (Wildman–Crippen MR) is 48.0 cm³/mol. The van der Waals surface area contributed by atoms with Crippen molar-refractivity contribution in [1.29, 1.82) is 0 Å². The standard InChI is InChI=1S/C7H12F2N2S/c1-5-2-3-12-7(11-5)10-4-6(8)9/h5-6H,2-4H2,1H3,(H,10,11). The van der Waals surface area contributed by atoms with Gasteiger partial charge in [0, 0.05) is 11.8 Å². The average molecular weight is 194 g/mol. The monoisotopic (exact) mass is 194 g/mol. The van der Waals surface area contributed by atoms with Crippen LogP contribution in [-0.4, -0.2) is 29.9 Å². The van der Waals surface area contributed by atoms with Crippen molar-refractivity contribution in [3.8, 4) is 0 Å². The van der Waals surface area contributed by atoms with Crippen LogP contribution in [0.2, 0.25) is 0 Å². The van der Waals surface area contributed by atoms with E-state index in [-0.39, 0.29) is 6.54 Å². The number of aliphatic imine (C=N–C) groups is 1. The number of nitrogens with zero attached hydrogens (tertiary/aromatic N) is 1. The van der Waals surface area contributed by atoms with E-state index in [0.29, 0.717) is 11.2 Å². The lowest BCUT2D eigenvalue weighted by atomic mass is 10.3. The lowest BCUT2D eigenvalue weighted by molar-refractivity contribution is 0.158. The van der Waals surface area contributed by atoms with Crippen LogP contribution >= 0.6 is 11.8 Å². The molecular weight excluding hydrogens is 182 g/mol. The van der Waals surface area contributed by atoms with Gasteiger partial charge in [-0.2, -0.15) is 0 Å². The third kappa shape index (κ3) is 3.38. The normalized spacial score (nSPS) is 27.7. The number of alkyl halides is 2. The number of halogens is 2. The van der Waals surface area contributed by atoms with Crippen molar-refractivity contribution in [3.05, 3.63) is 0 Å². The summed E-state index contributed by atoms with van der Waals surface area (Å²) in [6.07, 6.45) is -1.27. The second-order valence-electron chi connectivity index (χ2n) is 2.72. The van der Waals surface area contributed by atoms with E-state index in [1.807, 2.05) is 6.92 Å². The molecule has 0 aromatic carbocycles. The average Bonchev–Trinajstić information content (AvgIpc) is 2.01. The third-order valence-corrected chi connectivity index (χ3v) is 2.49. The zero-order valence-electron chi connectivity index (χ0n) is 6.89. The molecule has 0 aliphatic carbocycles. The third-order valence-electron chi connectivity index (χ3n) is 1.53. The highest BCUT2D eigenvalue weighted by Crippen LogP contribution is 2.13. The summed E-state index contributed by atoms with van der Waals surface area (Å²) in [6.45, 7) is 1.64. The highest BCUT2D eigenvalue weighted by atomic mass is 32.2. The molecule has 0 saturated carbocycles. The van der Waals surface area contributed by atoms with Gasteiger partial charge in [0.25, 0.3) is 6.43 Å². The van der Waals surface area contributed by atoms with Gasteiger partial charge < -0.3 is 5.32 Å². The lowest BCUT2D eigenvalue weighted by Gasteiger charge is -2.21. The second kappa shape index (κ2) is 4.64. The van der Waals surface area contributed by atoms with Crippen LogP contribution in [0.4, 0.5) is 8.78 Å². The minimum Gasteiger partial charge on any atom is -0.362 e. The first-order valence-electron chi connectivity index (χ1n) is 3.90. The number of thioether (sulfide) groups is 1. The fourth-order valence-corrected chi connectivity index (χ4v) is 2.02. The van der Waals surface area contributed by atoms with Crippen molar-refractivity contribution in [3.63, 3.8) is 0 Å². The van der Waals surface area contributed by atoms with E-state index in [4.69, 9.17) is 0 Å². The fraction of sp³-hybridized carbons (Fsp3) is 0.857. The van der Waals surface area contributed by atoms with Gasteiger partial charge in [0.2, 0.25) is 0 Å². The minimum absolute atomic E-state index is 0.364. The molecule has 0 radical (unpaired) electrons. The van der Waals surface area contributed by atoms with Gasteiger partial charge in [-0.25, -0.2) is 8.78 Å². The first kappa shape index (κ1) is 9.77. The Labute approximate surface area is 74.8 Å². The highest BCUT2D eigenvalue weighted by molar-refractivity contribution is 8.13. The molecule has 0 amide bonds. The van der Waals surface area contributed by atoms with Crippen molar-refractivity contribution < 1.29 is 8.78 Å². The SMILES string of the molecule is CC1CCSC(=NCC(F)F)N1. The number of nitrogens with one attached hydrogen (secondary N) is 1. The van der Waals surface area contributed by atoms with Crippen LogP contribution in [0.1, 0.15) is 13.3 Å². The molecule has 1 aliphatic heterocycles. The minimum atomic E-state index is -2.34. The molecule has 1 heterocycles. The van der Waals surface area contributed by atoms with Gasteiger partial charge in [-0.3, -0.25) is 4.99 Å². The van der Waals surface area contributed by atoms with Crippen LogP contribution in [0.5, 0.6) is 0 Å². The Bertz CT molecular complexity index is 173. The zero-order valence-corrected chi connectivity index (χ0v) is 7.70. The first-order valence-corrected chi connectivity index (χ1v) is 4.89. The van der Waals surface area contributed by atoms with Crippen molar-refractivity contribution in [1.82, 2.24) is 5.32 Å². The molecule has 0 aromatic heterocycles. The molecule has 1 N–H and O–H groups in total. The Morgan fingerprint density at radius 1 is 1.75 bits per heavy atom. The van der Waals surface area contributed by atoms with Gasteiger partial charge in [-0.1, -0.05) is 11.8 Å². The molecule has 2 nitrogen and oxygen atoms in total. The molecule has 0 aromatic rings. The quantitative estimate of drug-likeness (QED) is 0.724. The van der Waals surface area contributed by atoms with Gasteiger partial charge in [-0.05, 0) is 13.3 Å². The van der Waals surface area contributed by atoms with E-state index in [1.165, 1.54) is 11.8 Å². The number of hydrogen-bond donors (Lipinski definition) is 1. The van der Waals surface area contributed by atoms with Crippen LogP contribution in [0, 0.1) is 0 Å². The van der Waals surface area contributed by atoms with Crippen molar-refractivity contribution in [2.24, 2.45) is 4.99 Å². The van der Waals surface area contributed by atoms with Crippen LogP contribution in [-0.2, 0) is 0 Å². The van der Waals surface area contributed by atoms with Crippen LogP contribution < -0.4 is 5.32 Å². The Hall–Kier alpha value is -0.320. The Balaban J connectivity index is 2.34. The summed E-state index contributed by atoms with van der Waals surface area (Å²) in [5.41, 5.74) is 0. The van der Waals surface area contributed by atoms with Crippen molar-refractivity contribution in [2.75, 3.05) is 12.3 Å². The molecular formula is C7H12F2N2S. The molecule has 1 saturated heterocycles. The molecule has 5 heteroatoms. The van der Waals surface area contributed by atoms with E-state index in [2.05, 4.69) is 10.3 Å². The number of rotatable bonds is 2. The summed E-state index contributed by atoms with van der Waals surface area (Å²) >= 11 is 1.51. The van der Waals surface area contributed by atoms with Gasteiger partial charge >= 0.3 is 0 Å². The van der Waals surface area contributed by atoms with Gasteiger partial charge in [0.05, 0.1) is 0 Å². The summed E-state index contributed by atoms with van der Waals surface area (Å²) in [4.78, 5) is 3.75. The maximum Gasteiger partial charge on any atom is 0.257 e. The van der Waals surface area contributed by atoms with E-state index in [0.717, 1.165) is 12.2 Å². The molecule has 0 spiro atoms. The first-order chi connectivity index (χ1) is 5.68. The van der Waals surface area contributed by atoms with E-state index in [9.17, 15) is 8.78 Å². The number of hydrogen-bond acceptors (Lipinski definition) is 2. The predicted octanol–water partition coefficient (Wildman–Crippen LogP) is 1.72. The van der Waals surface area contributed by atoms with Gasteiger partial charge in [0.15, 0.2) is 5.17 Å². The highest BCUT2D eigenvalue weighted by Gasteiger charge is 2.13. The Kier molecular flexibility index (Phi) is 3.78. The molecule has 1 fully saturated rings. The van der Waals surface area contributed by atoms with Gasteiger partial charge in [-0.15, -0.1) is 0 Å². The Morgan fingerprint density at radius 3 is 3.08 bits per heavy atom. The Morgan fingerprint density at radius 2 is 2.50 bits per heavy atom. The summed E-state index contributed by atoms with van der Waals surface area (Å²) in [5.74, 6) is 0.968. The maximum absolute atomic E-state index is 11.7. The molecule has 0 bridgehead atoms. The maximum atomic E-state index is 11.7. The fourth-order valence-electron chi connectivity index (χ4n) is 0.900. The smallest absolute Gasteiger partial charge is 0.257 e. The molecule has 12 heavy (non-hydrogen) atoms. The molecule has 70 valence electrons. The summed E-state index contributed by atoms with van der Waals surface area (Å²) in [6, 6.07) is 0.364. The van der Waals surface area contributed by atoms with Crippen molar-refractivity contribution in [2.45, 2.75) is 25.8 Å². The lowest BCUT2D eigenvalue weighted by Crippen LogP contribution is -2.35. The van der Waals surface area contributed by atoms with Crippen LogP contribution in [0.3, 0.4) is 0 Å². The van der Waals surface area contributed by atoms with Crippen LogP contribution in [0.25, 0.3) is 0 Å². The zero-order chi connectivity index (χ0) is 8.97. The van der Waals surface area contributed by atoms with Gasteiger partial charge in [0.1, 0.15) is 6.54 Å². The van der Waals surface area contributed by atoms with Crippen molar-refractivity contribution >= 4 is 16.9 Å². The largest absolute Gasteiger partial charge is 0.362 e. The van der Waals surface area contributed by atoms with Crippen LogP contribution in [0.15, 0.2) is 4.99 Å². The summed E-state index contributed by atoms with van der Waals surface area (Å²) in [5, 5.41) is 3.71.